The summed E-state index contributed by atoms with van der Waals surface area (Å²) in [5.41, 5.74) is 1.91. The molecule has 2 heterocycles. The Balaban J connectivity index is 1.85. The Labute approximate surface area is 155 Å². The van der Waals surface area contributed by atoms with Crippen LogP contribution in [0.3, 0.4) is 0 Å². The van der Waals surface area contributed by atoms with Crippen LogP contribution in [0.25, 0.3) is 22.4 Å². The van der Waals surface area contributed by atoms with E-state index in [0.29, 0.717) is 17.0 Å². The van der Waals surface area contributed by atoms with Crippen molar-refractivity contribution in [2.24, 2.45) is 0 Å². The summed E-state index contributed by atoms with van der Waals surface area (Å²) in [7, 11) is 0. The van der Waals surface area contributed by atoms with Crippen molar-refractivity contribution in [2.45, 2.75) is 18.8 Å². The molecule has 0 radical (unpaired) electrons. The number of benzene rings is 3. The van der Waals surface area contributed by atoms with Crippen LogP contribution >= 0.6 is 0 Å². The van der Waals surface area contributed by atoms with Crippen molar-refractivity contribution in [3.8, 4) is 17.1 Å². The van der Waals surface area contributed by atoms with Crippen LogP contribution in [0.5, 0.6) is 5.75 Å². The topological polar surface area (TPSA) is 78.5 Å². The second kappa shape index (κ2) is 5.42. The third-order valence-electron chi connectivity index (χ3n) is 5.41. The monoisotopic (exact) mass is 358 g/mol. The summed E-state index contributed by atoms with van der Waals surface area (Å²) in [4.78, 5) is 4.68. The molecule has 0 bridgehead atoms. The minimum Gasteiger partial charge on any atom is -0.507 e. The molecule has 1 aliphatic heterocycles. The summed E-state index contributed by atoms with van der Waals surface area (Å²) >= 11 is 0. The van der Waals surface area contributed by atoms with Gasteiger partial charge < -0.3 is 15.3 Å². The Morgan fingerprint density at radius 1 is 0.963 bits per heavy atom. The summed E-state index contributed by atoms with van der Waals surface area (Å²) in [5.74, 6) is 0.578. The molecule has 0 amide bonds. The molecule has 0 unspecified atom stereocenters. The van der Waals surface area contributed by atoms with Crippen LogP contribution in [0.2, 0.25) is 0 Å². The van der Waals surface area contributed by atoms with Gasteiger partial charge in [0, 0.05) is 16.7 Å². The Morgan fingerprint density at radius 2 is 1.70 bits per heavy atom. The second-order valence-electron chi connectivity index (χ2n) is 6.95. The molecule has 1 aliphatic rings. The smallest absolute Gasteiger partial charge is 0.201 e. The SMILES string of the molecule is Cc1cccc([C@@H](O)[C@@]2(O)c3ccccc3-c3nc4ccccc4n32)c1O. The molecule has 0 fully saturated rings. The number of rotatable bonds is 2. The molecule has 5 heteroatoms. The molecule has 4 aromatic rings. The number of nitrogens with zero attached hydrogens (tertiary/aromatic N) is 2. The number of imidazole rings is 1. The van der Waals surface area contributed by atoms with E-state index in [9.17, 15) is 15.3 Å². The highest BCUT2D eigenvalue weighted by molar-refractivity contribution is 5.85. The molecule has 3 N–H and O–H groups in total. The van der Waals surface area contributed by atoms with Gasteiger partial charge in [0.2, 0.25) is 5.72 Å². The Morgan fingerprint density at radius 3 is 2.56 bits per heavy atom. The van der Waals surface area contributed by atoms with Gasteiger partial charge >= 0.3 is 0 Å². The summed E-state index contributed by atoms with van der Waals surface area (Å²) < 4.78 is 1.67. The molecule has 134 valence electrons. The zero-order chi connectivity index (χ0) is 18.8. The fourth-order valence-electron chi connectivity index (χ4n) is 4.06. The fraction of sp³-hybridized carbons (Fsp3) is 0.136. The van der Waals surface area contributed by atoms with Crippen molar-refractivity contribution in [1.29, 1.82) is 0 Å². The standard InChI is InChI=1S/C22H18N2O3/c1-13-7-6-9-15(19(13)25)20(26)22(27)16-10-3-2-8-14(16)21-23-17-11-4-5-12-18(17)24(21)22/h2-12,20,25-27H,1H3/t20-,22+/m1/s1. The number of phenolic OH excluding ortho intramolecular Hbond substituents is 1. The highest BCUT2D eigenvalue weighted by Gasteiger charge is 2.50. The first kappa shape index (κ1) is 16.1. The molecule has 3 aromatic carbocycles. The van der Waals surface area contributed by atoms with Crippen LogP contribution < -0.4 is 0 Å². The van der Waals surface area contributed by atoms with E-state index < -0.39 is 11.8 Å². The summed E-state index contributed by atoms with van der Waals surface area (Å²) in [6.45, 7) is 1.76. The van der Waals surface area contributed by atoms with Gasteiger partial charge in [0.05, 0.1) is 11.0 Å². The zero-order valence-electron chi connectivity index (χ0n) is 14.7. The first-order valence-electron chi connectivity index (χ1n) is 8.80. The van der Waals surface area contributed by atoms with Gasteiger partial charge in [0.1, 0.15) is 17.7 Å². The van der Waals surface area contributed by atoms with Crippen molar-refractivity contribution < 1.29 is 15.3 Å². The van der Waals surface area contributed by atoms with Crippen molar-refractivity contribution in [3.05, 3.63) is 83.4 Å². The summed E-state index contributed by atoms with van der Waals surface area (Å²) in [6, 6.07) is 20.0. The number of aliphatic hydroxyl groups excluding tert-OH is 1. The van der Waals surface area contributed by atoms with Crippen molar-refractivity contribution in [3.63, 3.8) is 0 Å². The maximum atomic E-state index is 11.9. The highest BCUT2D eigenvalue weighted by Crippen LogP contribution is 2.51. The average molecular weight is 358 g/mol. The van der Waals surface area contributed by atoms with Gasteiger partial charge in [-0.1, -0.05) is 54.6 Å². The third-order valence-corrected chi connectivity index (χ3v) is 5.41. The first-order chi connectivity index (χ1) is 13.0. The number of aliphatic hydroxyl groups is 2. The minimum absolute atomic E-state index is 0.0197. The molecule has 1 aromatic heterocycles. The van der Waals surface area contributed by atoms with E-state index in [-0.39, 0.29) is 11.3 Å². The molecule has 5 nitrogen and oxygen atoms in total. The normalized spacial score (nSPS) is 19.1. The quantitative estimate of drug-likeness (QED) is 0.513. The number of aromatic nitrogens is 2. The van der Waals surface area contributed by atoms with Crippen LogP contribution in [0.15, 0.2) is 66.7 Å². The lowest BCUT2D eigenvalue weighted by Gasteiger charge is -2.33. The first-order valence-corrected chi connectivity index (χ1v) is 8.80. The van der Waals surface area contributed by atoms with E-state index in [1.165, 1.54) is 0 Å². The van der Waals surface area contributed by atoms with Gasteiger partial charge in [0.25, 0.3) is 0 Å². The molecule has 0 saturated carbocycles. The third kappa shape index (κ3) is 1.98. The van der Waals surface area contributed by atoms with Crippen LogP contribution in [-0.4, -0.2) is 24.9 Å². The van der Waals surface area contributed by atoms with Crippen LogP contribution in [0, 0.1) is 6.92 Å². The van der Waals surface area contributed by atoms with Crippen molar-refractivity contribution in [2.75, 3.05) is 0 Å². The predicted octanol–water partition coefficient (Wildman–Crippen LogP) is 3.46. The van der Waals surface area contributed by atoms with E-state index in [2.05, 4.69) is 4.98 Å². The van der Waals surface area contributed by atoms with Gasteiger partial charge in [0.15, 0.2) is 0 Å². The maximum absolute atomic E-state index is 11.9. The summed E-state index contributed by atoms with van der Waals surface area (Å²) in [6.07, 6.45) is -1.38. The molecule has 5 rings (SSSR count). The number of aromatic hydroxyl groups is 1. The Hall–Kier alpha value is -3.15. The lowest BCUT2D eigenvalue weighted by atomic mass is 9.90. The average Bonchev–Trinajstić information content (AvgIpc) is 3.19. The van der Waals surface area contributed by atoms with Gasteiger partial charge in [-0.2, -0.15) is 0 Å². The van der Waals surface area contributed by atoms with Crippen LogP contribution in [-0.2, 0) is 5.72 Å². The van der Waals surface area contributed by atoms with E-state index >= 15 is 0 Å². The van der Waals surface area contributed by atoms with Gasteiger partial charge in [-0.3, -0.25) is 4.57 Å². The second-order valence-corrected chi connectivity index (χ2v) is 6.95. The molecular weight excluding hydrogens is 340 g/mol. The molecule has 0 spiro atoms. The van der Waals surface area contributed by atoms with E-state index in [1.807, 2.05) is 42.5 Å². The van der Waals surface area contributed by atoms with Crippen LogP contribution in [0.4, 0.5) is 0 Å². The number of fused-ring (bicyclic) bond motifs is 5. The predicted molar refractivity (Wildman–Crippen MR) is 102 cm³/mol. The molecule has 2 atom stereocenters. The van der Waals surface area contributed by atoms with E-state index in [1.54, 1.807) is 35.8 Å². The van der Waals surface area contributed by atoms with Crippen LogP contribution in [0.1, 0.15) is 22.8 Å². The fourth-order valence-corrected chi connectivity index (χ4v) is 4.06. The largest absolute Gasteiger partial charge is 0.507 e. The van der Waals surface area contributed by atoms with E-state index in [4.69, 9.17) is 0 Å². The Kier molecular flexibility index (Phi) is 3.22. The molecule has 0 saturated heterocycles. The lowest BCUT2D eigenvalue weighted by molar-refractivity contribution is -0.0978. The number of hydrogen-bond donors (Lipinski definition) is 3. The molecule has 0 aliphatic carbocycles. The minimum atomic E-state index is -1.78. The number of para-hydroxylation sites is 3. The Bertz CT molecular complexity index is 1200. The highest BCUT2D eigenvalue weighted by atomic mass is 16.4. The number of aryl methyl sites for hydroxylation is 1. The molecule has 27 heavy (non-hydrogen) atoms. The van der Waals surface area contributed by atoms with Crippen molar-refractivity contribution >= 4 is 11.0 Å². The van der Waals surface area contributed by atoms with Gasteiger partial charge in [-0.25, -0.2) is 4.98 Å². The maximum Gasteiger partial charge on any atom is 0.201 e. The van der Waals surface area contributed by atoms with Crippen molar-refractivity contribution in [1.82, 2.24) is 9.55 Å². The van der Waals surface area contributed by atoms with Gasteiger partial charge in [-0.15, -0.1) is 0 Å². The number of phenols is 1. The number of hydrogen-bond acceptors (Lipinski definition) is 4. The van der Waals surface area contributed by atoms with E-state index in [0.717, 1.165) is 16.6 Å². The molecular formula is C22H18N2O3. The summed E-state index contributed by atoms with van der Waals surface area (Å²) in [5, 5.41) is 33.7. The van der Waals surface area contributed by atoms with Gasteiger partial charge in [-0.05, 0) is 24.6 Å². The zero-order valence-corrected chi connectivity index (χ0v) is 14.7. The lowest BCUT2D eigenvalue weighted by Crippen LogP contribution is -2.38.